The van der Waals surface area contributed by atoms with Crippen molar-refractivity contribution in [3.63, 3.8) is 0 Å². The fraction of sp³-hybridized carbons (Fsp3) is 0.400. The maximum atomic E-state index is 13.8. The zero-order valence-electron chi connectivity index (χ0n) is 16.4. The Labute approximate surface area is 171 Å². The van der Waals surface area contributed by atoms with Gasteiger partial charge in [-0.05, 0) is 43.0 Å². The molecule has 10 heteroatoms. The van der Waals surface area contributed by atoms with Gasteiger partial charge in [0.1, 0.15) is 5.82 Å². The highest BCUT2D eigenvalue weighted by molar-refractivity contribution is 5.82. The highest BCUT2D eigenvalue weighted by atomic mass is 19.1. The maximum absolute atomic E-state index is 13.8. The standard InChI is InChI=1S/C20H21FN6O3/c1-10-6-13-14(30-9-29-13)7-12(10)8-15-24-16-17(22)25-20(21)26-18(16)27(15)5-4-23-19(28)11-2-3-11/h6-7,11H,2-5,8-9H2,1H3,(H,23,28)(H2,22,25,26). The lowest BCUT2D eigenvalue weighted by Gasteiger charge is -2.11. The van der Waals surface area contributed by atoms with Gasteiger partial charge in [0.05, 0.1) is 0 Å². The molecule has 0 unspecified atom stereocenters. The van der Waals surface area contributed by atoms with Crippen LogP contribution < -0.4 is 20.5 Å². The second-order valence-corrected chi connectivity index (χ2v) is 7.60. The minimum absolute atomic E-state index is 0.0121. The monoisotopic (exact) mass is 412 g/mol. The molecule has 156 valence electrons. The number of nitrogens with zero attached hydrogens (tertiary/aromatic N) is 4. The quantitative estimate of drug-likeness (QED) is 0.592. The molecule has 2 aromatic heterocycles. The highest BCUT2D eigenvalue weighted by Gasteiger charge is 2.29. The van der Waals surface area contributed by atoms with E-state index in [2.05, 4.69) is 20.3 Å². The van der Waals surface area contributed by atoms with Gasteiger partial charge in [-0.25, -0.2) is 4.98 Å². The van der Waals surface area contributed by atoms with E-state index in [9.17, 15) is 9.18 Å². The van der Waals surface area contributed by atoms with Gasteiger partial charge >= 0.3 is 6.08 Å². The van der Waals surface area contributed by atoms with E-state index in [-0.39, 0.29) is 24.4 Å². The van der Waals surface area contributed by atoms with Crippen molar-refractivity contribution in [1.82, 2.24) is 24.8 Å². The van der Waals surface area contributed by atoms with Gasteiger partial charge in [-0.3, -0.25) is 4.79 Å². The number of carbonyl (C=O) groups is 1. The molecule has 2 aliphatic rings. The second-order valence-electron chi connectivity index (χ2n) is 7.60. The molecule has 0 saturated heterocycles. The number of nitrogens with two attached hydrogens (primary N) is 1. The van der Waals surface area contributed by atoms with Crippen molar-refractivity contribution in [3.8, 4) is 11.5 Å². The number of benzene rings is 1. The fourth-order valence-corrected chi connectivity index (χ4v) is 3.64. The minimum Gasteiger partial charge on any atom is -0.454 e. The summed E-state index contributed by atoms with van der Waals surface area (Å²) in [6.07, 6.45) is 1.41. The molecular weight excluding hydrogens is 391 g/mol. The summed E-state index contributed by atoms with van der Waals surface area (Å²) < 4.78 is 26.5. The number of nitrogen functional groups attached to an aromatic ring is 1. The summed E-state index contributed by atoms with van der Waals surface area (Å²) in [5.41, 5.74) is 8.56. The van der Waals surface area contributed by atoms with Crippen LogP contribution in [0.25, 0.3) is 11.2 Å². The van der Waals surface area contributed by atoms with Crippen molar-refractivity contribution in [1.29, 1.82) is 0 Å². The first kappa shape index (κ1) is 18.6. The molecule has 0 bridgehead atoms. The number of nitrogens with one attached hydrogen (secondary N) is 1. The average molecular weight is 412 g/mol. The van der Waals surface area contributed by atoms with Crippen molar-refractivity contribution >= 4 is 22.9 Å². The van der Waals surface area contributed by atoms with E-state index in [0.717, 1.165) is 24.0 Å². The van der Waals surface area contributed by atoms with Crippen LogP contribution in [0.5, 0.6) is 11.5 Å². The number of imidazole rings is 1. The number of hydrogen-bond donors (Lipinski definition) is 2. The molecule has 3 aromatic rings. The van der Waals surface area contributed by atoms with Crippen molar-refractivity contribution in [2.24, 2.45) is 5.92 Å². The minimum atomic E-state index is -0.908. The second kappa shape index (κ2) is 7.12. The lowest BCUT2D eigenvalue weighted by Crippen LogP contribution is -2.29. The third-order valence-electron chi connectivity index (χ3n) is 5.44. The summed E-state index contributed by atoms with van der Waals surface area (Å²) in [4.78, 5) is 24.1. The molecule has 30 heavy (non-hydrogen) atoms. The number of rotatable bonds is 6. The van der Waals surface area contributed by atoms with Gasteiger partial charge in [-0.15, -0.1) is 0 Å². The van der Waals surface area contributed by atoms with Gasteiger partial charge in [0, 0.05) is 25.4 Å². The Morgan fingerprint density at radius 1 is 1.27 bits per heavy atom. The zero-order valence-corrected chi connectivity index (χ0v) is 16.4. The molecule has 3 N–H and O–H groups in total. The largest absolute Gasteiger partial charge is 0.454 e. The van der Waals surface area contributed by atoms with E-state index < -0.39 is 6.08 Å². The van der Waals surface area contributed by atoms with Gasteiger partial charge < -0.3 is 25.1 Å². The van der Waals surface area contributed by atoms with Gasteiger partial charge in [0.2, 0.25) is 12.7 Å². The number of hydrogen-bond acceptors (Lipinski definition) is 7. The van der Waals surface area contributed by atoms with Crippen LogP contribution in [0.15, 0.2) is 12.1 Å². The summed E-state index contributed by atoms with van der Waals surface area (Å²) in [6.45, 7) is 2.96. The Balaban J connectivity index is 1.48. The molecule has 5 rings (SSSR count). The van der Waals surface area contributed by atoms with Crippen molar-refractivity contribution in [2.45, 2.75) is 32.7 Å². The Bertz CT molecular complexity index is 1160. The molecule has 3 heterocycles. The number of anilines is 1. The van der Waals surface area contributed by atoms with Crippen molar-refractivity contribution in [3.05, 3.63) is 35.2 Å². The number of halogens is 1. The fourth-order valence-electron chi connectivity index (χ4n) is 3.64. The molecule has 0 spiro atoms. The van der Waals surface area contributed by atoms with Gasteiger partial charge in [0.25, 0.3) is 0 Å². The van der Waals surface area contributed by atoms with E-state index >= 15 is 0 Å². The SMILES string of the molecule is Cc1cc2c(cc1Cc1nc3c(N)nc(F)nc3n1CCNC(=O)C1CC1)OCO2. The first-order chi connectivity index (χ1) is 14.5. The number of amides is 1. The van der Waals surface area contributed by atoms with E-state index in [1.54, 1.807) is 4.57 Å². The molecule has 1 saturated carbocycles. The average Bonchev–Trinajstić information content (AvgIpc) is 3.37. The normalized spacial score (nSPS) is 15.0. The molecule has 1 aromatic carbocycles. The third-order valence-corrected chi connectivity index (χ3v) is 5.44. The first-order valence-electron chi connectivity index (χ1n) is 9.84. The van der Waals surface area contributed by atoms with Crippen LogP contribution in [-0.4, -0.2) is 38.8 Å². The Kier molecular flexibility index (Phi) is 4.41. The van der Waals surface area contributed by atoms with Crippen LogP contribution in [0, 0.1) is 18.9 Å². The number of aryl methyl sites for hydroxylation is 1. The summed E-state index contributed by atoms with van der Waals surface area (Å²) >= 11 is 0. The lowest BCUT2D eigenvalue weighted by atomic mass is 10.0. The number of fused-ring (bicyclic) bond motifs is 2. The van der Waals surface area contributed by atoms with Crippen LogP contribution in [-0.2, 0) is 17.8 Å². The highest BCUT2D eigenvalue weighted by Crippen LogP contribution is 2.35. The smallest absolute Gasteiger partial charge is 0.312 e. The first-order valence-corrected chi connectivity index (χ1v) is 9.84. The summed E-state index contributed by atoms with van der Waals surface area (Å²) in [5, 5.41) is 2.92. The summed E-state index contributed by atoms with van der Waals surface area (Å²) in [5.74, 6) is 2.20. The van der Waals surface area contributed by atoms with E-state index in [1.807, 2.05) is 19.1 Å². The predicted molar refractivity (Wildman–Crippen MR) is 106 cm³/mol. The molecule has 1 aliphatic heterocycles. The molecule has 1 amide bonds. The lowest BCUT2D eigenvalue weighted by molar-refractivity contribution is -0.122. The van der Waals surface area contributed by atoms with E-state index in [0.29, 0.717) is 48.0 Å². The summed E-state index contributed by atoms with van der Waals surface area (Å²) in [7, 11) is 0. The van der Waals surface area contributed by atoms with Gasteiger partial charge in [0.15, 0.2) is 28.5 Å². The molecular formula is C20H21FN6O3. The van der Waals surface area contributed by atoms with Crippen LogP contribution in [0.3, 0.4) is 0 Å². The molecule has 9 nitrogen and oxygen atoms in total. The molecule has 0 atom stereocenters. The molecule has 0 radical (unpaired) electrons. The Hall–Kier alpha value is -3.43. The van der Waals surface area contributed by atoms with E-state index in [1.165, 1.54) is 0 Å². The van der Waals surface area contributed by atoms with Crippen molar-refractivity contribution < 1.29 is 18.7 Å². The van der Waals surface area contributed by atoms with Gasteiger partial charge in [-0.2, -0.15) is 14.4 Å². The van der Waals surface area contributed by atoms with Gasteiger partial charge in [-0.1, -0.05) is 0 Å². The Morgan fingerprint density at radius 2 is 2.03 bits per heavy atom. The number of carbonyl (C=O) groups excluding carboxylic acids is 1. The molecule has 1 fully saturated rings. The molecule has 1 aliphatic carbocycles. The van der Waals surface area contributed by atoms with Crippen molar-refractivity contribution in [2.75, 3.05) is 19.1 Å². The third kappa shape index (κ3) is 3.38. The topological polar surface area (TPSA) is 117 Å². The van der Waals surface area contributed by atoms with E-state index in [4.69, 9.17) is 15.2 Å². The number of ether oxygens (including phenoxy) is 2. The summed E-state index contributed by atoms with van der Waals surface area (Å²) in [6, 6.07) is 3.85. The maximum Gasteiger partial charge on any atom is 0.312 e. The van der Waals surface area contributed by atoms with Crippen LogP contribution >= 0.6 is 0 Å². The Morgan fingerprint density at radius 3 is 2.80 bits per heavy atom. The van der Waals surface area contributed by atoms with Crippen LogP contribution in [0.2, 0.25) is 0 Å². The van der Waals surface area contributed by atoms with Crippen LogP contribution in [0.1, 0.15) is 29.8 Å². The zero-order chi connectivity index (χ0) is 20.8. The van der Waals surface area contributed by atoms with Crippen LogP contribution in [0.4, 0.5) is 10.2 Å². The number of aromatic nitrogens is 4. The predicted octanol–water partition coefficient (Wildman–Crippen LogP) is 1.70.